The monoisotopic (exact) mass is 376 g/mol. The molecule has 0 aliphatic heterocycles. The van der Waals surface area contributed by atoms with E-state index in [0.717, 1.165) is 47.9 Å². The van der Waals surface area contributed by atoms with Gasteiger partial charge in [0.05, 0.1) is 11.0 Å². The molecule has 3 N–H and O–H groups in total. The highest BCUT2D eigenvalue weighted by Gasteiger charge is 2.27. The third kappa shape index (κ3) is 3.15. The topological polar surface area (TPSA) is 73.6 Å². The lowest BCUT2D eigenvalue weighted by Gasteiger charge is -2.28. The van der Waals surface area contributed by atoms with Crippen molar-refractivity contribution in [3.8, 4) is 0 Å². The summed E-state index contributed by atoms with van der Waals surface area (Å²) < 4.78 is 13.4. The number of nitrogens with one attached hydrogen (secondary N) is 3. The second-order valence-electron chi connectivity index (χ2n) is 7.59. The highest BCUT2D eigenvalue weighted by atomic mass is 19.1. The number of benzene rings is 2. The van der Waals surface area contributed by atoms with E-state index in [1.807, 2.05) is 24.3 Å². The van der Waals surface area contributed by atoms with Crippen LogP contribution >= 0.6 is 0 Å². The molecule has 0 spiro atoms. The van der Waals surface area contributed by atoms with Gasteiger partial charge in [-0.2, -0.15) is 0 Å². The maximum absolute atomic E-state index is 13.4. The van der Waals surface area contributed by atoms with Crippen molar-refractivity contribution in [3.63, 3.8) is 0 Å². The van der Waals surface area contributed by atoms with Crippen molar-refractivity contribution in [1.82, 2.24) is 20.3 Å². The predicted octanol–water partition coefficient (Wildman–Crippen LogP) is 4.64. The van der Waals surface area contributed by atoms with E-state index in [2.05, 4.69) is 15.3 Å². The molecule has 1 aliphatic carbocycles. The number of imidazole rings is 1. The highest BCUT2D eigenvalue weighted by molar-refractivity contribution is 5.98. The molecule has 4 aromatic rings. The molecule has 0 radical (unpaired) electrons. The van der Waals surface area contributed by atoms with Gasteiger partial charge in [0.2, 0.25) is 0 Å². The van der Waals surface area contributed by atoms with Gasteiger partial charge in [0, 0.05) is 22.9 Å². The molecule has 2 aromatic heterocycles. The van der Waals surface area contributed by atoms with Gasteiger partial charge in [-0.3, -0.25) is 4.79 Å². The van der Waals surface area contributed by atoms with Crippen molar-refractivity contribution in [3.05, 3.63) is 65.9 Å². The van der Waals surface area contributed by atoms with Crippen molar-refractivity contribution < 1.29 is 9.18 Å². The molecule has 2 atom stereocenters. The SMILES string of the molecule is O=C(N[C@@H]1CCC[C@H](c2nc3ccccc3[nH]2)C1)c1cc2ccc(F)cc2[nH]1. The number of hydrogen-bond donors (Lipinski definition) is 3. The summed E-state index contributed by atoms with van der Waals surface area (Å²) >= 11 is 0. The van der Waals surface area contributed by atoms with Crippen LogP contribution in [-0.4, -0.2) is 26.9 Å². The number of H-pyrrole nitrogens is 2. The summed E-state index contributed by atoms with van der Waals surface area (Å²) in [6.45, 7) is 0. The van der Waals surface area contributed by atoms with Crippen molar-refractivity contribution in [2.24, 2.45) is 0 Å². The number of aromatic amines is 2. The third-order valence-electron chi connectivity index (χ3n) is 5.63. The summed E-state index contributed by atoms with van der Waals surface area (Å²) in [5.74, 6) is 0.846. The quantitative estimate of drug-likeness (QED) is 0.487. The van der Waals surface area contributed by atoms with E-state index in [1.54, 1.807) is 12.1 Å². The van der Waals surface area contributed by atoms with Crippen LogP contribution in [0.5, 0.6) is 0 Å². The fourth-order valence-electron chi connectivity index (χ4n) is 4.22. The van der Waals surface area contributed by atoms with Crippen LogP contribution in [-0.2, 0) is 0 Å². The Morgan fingerprint density at radius 2 is 1.96 bits per heavy atom. The number of rotatable bonds is 3. The summed E-state index contributed by atoms with van der Waals surface area (Å²) in [6, 6.07) is 14.4. The lowest BCUT2D eigenvalue weighted by Crippen LogP contribution is -2.38. The summed E-state index contributed by atoms with van der Waals surface area (Å²) in [6.07, 6.45) is 3.93. The Kier molecular flexibility index (Phi) is 4.11. The van der Waals surface area contributed by atoms with E-state index < -0.39 is 0 Å². The molecule has 0 saturated heterocycles. The fourth-order valence-corrected chi connectivity index (χ4v) is 4.22. The number of fused-ring (bicyclic) bond motifs is 2. The van der Waals surface area contributed by atoms with E-state index in [0.29, 0.717) is 17.1 Å². The van der Waals surface area contributed by atoms with E-state index in [1.165, 1.54) is 12.1 Å². The Morgan fingerprint density at radius 1 is 1.07 bits per heavy atom. The van der Waals surface area contributed by atoms with Crippen LogP contribution in [0.15, 0.2) is 48.5 Å². The van der Waals surface area contributed by atoms with E-state index in [4.69, 9.17) is 4.98 Å². The zero-order chi connectivity index (χ0) is 19.1. The first-order chi connectivity index (χ1) is 13.7. The third-order valence-corrected chi connectivity index (χ3v) is 5.63. The molecule has 1 saturated carbocycles. The van der Waals surface area contributed by atoms with Crippen LogP contribution in [0, 0.1) is 5.82 Å². The average molecular weight is 376 g/mol. The Bertz CT molecular complexity index is 1130. The molecular weight excluding hydrogens is 355 g/mol. The Balaban J connectivity index is 1.31. The molecule has 0 unspecified atom stereocenters. The number of amides is 1. The Labute approximate surface area is 161 Å². The average Bonchev–Trinajstić information content (AvgIpc) is 3.32. The molecule has 1 fully saturated rings. The van der Waals surface area contributed by atoms with Crippen molar-refractivity contribution in [2.75, 3.05) is 0 Å². The van der Waals surface area contributed by atoms with Gasteiger partial charge in [0.15, 0.2) is 0 Å². The number of halogens is 1. The molecule has 2 heterocycles. The minimum Gasteiger partial charge on any atom is -0.350 e. The Hall–Kier alpha value is -3.15. The largest absolute Gasteiger partial charge is 0.350 e. The highest BCUT2D eigenvalue weighted by Crippen LogP contribution is 2.32. The minimum absolute atomic E-state index is 0.0996. The van der Waals surface area contributed by atoms with Gasteiger partial charge in [-0.25, -0.2) is 9.37 Å². The van der Waals surface area contributed by atoms with Gasteiger partial charge < -0.3 is 15.3 Å². The predicted molar refractivity (Wildman–Crippen MR) is 107 cm³/mol. The summed E-state index contributed by atoms with van der Waals surface area (Å²) in [5, 5.41) is 3.97. The molecule has 28 heavy (non-hydrogen) atoms. The second kappa shape index (κ2) is 6.78. The summed E-state index contributed by atoms with van der Waals surface area (Å²) in [5.41, 5.74) is 3.13. The smallest absolute Gasteiger partial charge is 0.267 e. The van der Waals surface area contributed by atoms with Gasteiger partial charge in [-0.1, -0.05) is 18.6 Å². The van der Waals surface area contributed by atoms with Gasteiger partial charge in [0.1, 0.15) is 17.3 Å². The lowest BCUT2D eigenvalue weighted by molar-refractivity contribution is 0.0920. The first-order valence-electron chi connectivity index (χ1n) is 9.69. The molecule has 0 bridgehead atoms. The van der Waals surface area contributed by atoms with Gasteiger partial charge in [-0.05, 0) is 55.7 Å². The van der Waals surface area contributed by atoms with Crippen molar-refractivity contribution >= 4 is 27.8 Å². The minimum atomic E-state index is -0.317. The normalized spacial score (nSPS) is 19.9. The first kappa shape index (κ1) is 17.0. The lowest BCUT2D eigenvalue weighted by atomic mass is 9.85. The molecule has 5 rings (SSSR count). The van der Waals surface area contributed by atoms with Gasteiger partial charge >= 0.3 is 0 Å². The number of carbonyl (C=O) groups is 1. The number of aromatic nitrogens is 3. The van der Waals surface area contributed by atoms with Crippen LogP contribution in [0.4, 0.5) is 4.39 Å². The van der Waals surface area contributed by atoms with Crippen molar-refractivity contribution in [1.29, 1.82) is 0 Å². The molecule has 1 aliphatic rings. The molecule has 1 amide bonds. The second-order valence-corrected chi connectivity index (χ2v) is 7.59. The van der Waals surface area contributed by atoms with Gasteiger partial charge in [0.25, 0.3) is 5.91 Å². The molecular formula is C22H21FN4O. The number of nitrogens with zero attached hydrogens (tertiary/aromatic N) is 1. The van der Waals surface area contributed by atoms with Crippen LogP contribution in [0.3, 0.4) is 0 Å². The summed E-state index contributed by atoms with van der Waals surface area (Å²) in [7, 11) is 0. The van der Waals surface area contributed by atoms with E-state index >= 15 is 0 Å². The van der Waals surface area contributed by atoms with E-state index in [-0.39, 0.29) is 17.8 Å². The van der Waals surface area contributed by atoms with Crippen molar-refractivity contribution in [2.45, 2.75) is 37.6 Å². The number of carbonyl (C=O) groups excluding carboxylic acids is 1. The van der Waals surface area contributed by atoms with Gasteiger partial charge in [-0.15, -0.1) is 0 Å². The zero-order valence-electron chi connectivity index (χ0n) is 15.3. The van der Waals surface area contributed by atoms with Crippen LogP contribution in [0.2, 0.25) is 0 Å². The Morgan fingerprint density at radius 3 is 2.86 bits per heavy atom. The number of hydrogen-bond acceptors (Lipinski definition) is 2. The first-order valence-corrected chi connectivity index (χ1v) is 9.69. The van der Waals surface area contributed by atoms with Crippen LogP contribution in [0.25, 0.3) is 21.9 Å². The molecule has 2 aromatic carbocycles. The summed E-state index contributed by atoms with van der Waals surface area (Å²) in [4.78, 5) is 23.9. The molecule has 5 nitrogen and oxygen atoms in total. The zero-order valence-corrected chi connectivity index (χ0v) is 15.3. The maximum Gasteiger partial charge on any atom is 0.267 e. The molecule has 142 valence electrons. The van der Waals surface area contributed by atoms with Crippen LogP contribution in [0.1, 0.15) is 47.9 Å². The van der Waals surface area contributed by atoms with Crippen LogP contribution < -0.4 is 5.32 Å². The van der Waals surface area contributed by atoms with E-state index in [9.17, 15) is 9.18 Å². The maximum atomic E-state index is 13.4. The number of para-hydroxylation sites is 2. The fraction of sp³-hybridized carbons (Fsp3) is 0.273. The molecule has 6 heteroatoms. The standard InChI is InChI=1S/C22H21FN4O/c23-15-9-8-13-11-20(25-19(13)12-15)22(28)24-16-5-3-4-14(10-16)21-26-17-6-1-2-7-18(17)27-21/h1-2,6-9,11-12,14,16,25H,3-5,10H2,(H,24,28)(H,26,27)/t14-,16+/m0/s1.